The molecule has 0 aromatic rings. The summed E-state index contributed by atoms with van der Waals surface area (Å²) in [7, 11) is 2.29. The maximum atomic E-state index is 12.7. The van der Waals surface area contributed by atoms with E-state index in [4.69, 9.17) is 5.73 Å². The van der Waals surface area contributed by atoms with E-state index in [2.05, 4.69) is 14.8 Å². The fourth-order valence-corrected chi connectivity index (χ4v) is 3.06. The zero-order valence-electron chi connectivity index (χ0n) is 17.6. The smallest absolute Gasteiger partial charge is 0.325 e. The number of thioether (sulfide) groups is 1. The molecule has 0 rings (SSSR count). The second kappa shape index (κ2) is 14.5. The van der Waals surface area contributed by atoms with Gasteiger partial charge in [0.25, 0.3) is 0 Å². The van der Waals surface area contributed by atoms with Crippen molar-refractivity contribution in [2.75, 3.05) is 26.5 Å². The van der Waals surface area contributed by atoms with Crippen LogP contribution in [0.1, 0.15) is 39.5 Å². The Balaban J connectivity index is 5.57. The van der Waals surface area contributed by atoms with Gasteiger partial charge < -0.3 is 20.5 Å². The first-order chi connectivity index (χ1) is 14.1. The Morgan fingerprint density at radius 2 is 1.63 bits per heavy atom. The van der Waals surface area contributed by atoms with Gasteiger partial charge in [-0.05, 0) is 6.42 Å². The van der Waals surface area contributed by atoms with Crippen LogP contribution in [0, 0.1) is 0 Å². The molecular weight excluding hydrogens is 418 g/mol. The third kappa shape index (κ3) is 9.35. The van der Waals surface area contributed by atoms with Gasteiger partial charge in [0.1, 0.15) is 18.6 Å². The molecule has 3 amide bonds. The Morgan fingerprint density at radius 1 is 1.00 bits per heavy atom. The Bertz CT molecular complexity index is 655. The fourth-order valence-electron chi connectivity index (χ4n) is 2.22. The number of carbonyl (C=O) groups excluding carboxylic acids is 6. The number of rotatable bonds is 12. The molecule has 12 heteroatoms. The molecule has 11 nitrogen and oxygen atoms in total. The number of imide groups is 1. The molecule has 0 aliphatic carbocycles. The van der Waals surface area contributed by atoms with Crippen LogP contribution in [0.2, 0.25) is 0 Å². The molecule has 0 aromatic carbocycles. The summed E-state index contributed by atoms with van der Waals surface area (Å²) < 4.78 is 8.95. The van der Waals surface area contributed by atoms with Crippen LogP contribution >= 0.6 is 11.8 Å². The lowest BCUT2D eigenvalue weighted by molar-refractivity contribution is -0.151. The van der Waals surface area contributed by atoms with E-state index in [0.717, 1.165) is 30.9 Å². The predicted octanol–water partition coefficient (Wildman–Crippen LogP) is -0.640. The van der Waals surface area contributed by atoms with E-state index < -0.39 is 48.3 Å². The molecule has 30 heavy (non-hydrogen) atoms. The normalized spacial score (nSPS) is 12.3. The molecule has 0 bridgehead atoms. The summed E-state index contributed by atoms with van der Waals surface area (Å²) >= 11 is 0.799. The fraction of sp³-hybridized carbons (Fsp3) is 0.667. The Hall–Kier alpha value is -2.47. The lowest BCUT2D eigenvalue weighted by atomic mass is 10.1. The number of hydrogen-bond acceptors (Lipinski definition) is 10. The van der Waals surface area contributed by atoms with Crippen molar-refractivity contribution in [2.45, 2.75) is 51.6 Å². The monoisotopic (exact) mass is 447 g/mol. The van der Waals surface area contributed by atoms with Crippen molar-refractivity contribution in [3.05, 3.63) is 0 Å². The summed E-state index contributed by atoms with van der Waals surface area (Å²) in [6.45, 7) is 2.68. The molecule has 0 aromatic heterocycles. The second-order valence-electron chi connectivity index (χ2n) is 6.03. The molecule has 0 aliphatic rings. The summed E-state index contributed by atoms with van der Waals surface area (Å²) in [5.41, 5.74) is 5.62. The van der Waals surface area contributed by atoms with Gasteiger partial charge in [0.15, 0.2) is 5.12 Å². The highest BCUT2D eigenvalue weighted by Crippen LogP contribution is 2.16. The lowest BCUT2D eigenvalue weighted by Gasteiger charge is -2.29. The number of nitrogens with one attached hydrogen (secondary N) is 1. The molecule has 0 radical (unpaired) electrons. The van der Waals surface area contributed by atoms with E-state index in [1.807, 2.05) is 0 Å². The summed E-state index contributed by atoms with van der Waals surface area (Å²) in [4.78, 5) is 73.0. The first-order valence-electron chi connectivity index (χ1n) is 9.31. The SMILES string of the molecule is CCC(=O)SCC(C(=O)NCC(=O)OC)N(C(=O)CC)C(=O)CCC(N)C(=O)OC. The highest BCUT2D eigenvalue weighted by Gasteiger charge is 2.35. The van der Waals surface area contributed by atoms with Crippen LogP contribution < -0.4 is 11.1 Å². The van der Waals surface area contributed by atoms with Gasteiger partial charge in [-0.1, -0.05) is 25.6 Å². The van der Waals surface area contributed by atoms with Crippen molar-refractivity contribution >= 4 is 46.5 Å². The van der Waals surface area contributed by atoms with Gasteiger partial charge in [-0.3, -0.25) is 33.7 Å². The molecule has 170 valence electrons. The van der Waals surface area contributed by atoms with Gasteiger partial charge in [-0.25, -0.2) is 0 Å². The number of esters is 2. The van der Waals surface area contributed by atoms with Crippen molar-refractivity contribution in [1.82, 2.24) is 10.2 Å². The van der Waals surface area contributed by atoms with Crippen molar-refractivity contribution in [3.8, 4) is 0 Å². The van der Waals surface area contributed by atoms with E-state index in [1.165, 1.54) is 6.92 Å². The minimum absolute atomic E-state index is 0.0814. The van der Waals surface area contributed by atoms with E-state index in [1.54, 1.807) is 6.92 Å². The molecule has 3 N–H and O–H groups in total. The quantitative estimate of drug-likeness (QED) is 0.368. The topological polar surface area (TPSA) is 162 Å². The number of nitrogens with zero attached hydrogens (tertiary/aromatic N) is 1. The second-order valence-corrected chi connectivity index (χ2v) is 7.10. The maximum absolute atomic E-state index is 12.7. The summed E-state index contributed by atoms with van der Waals surface area (Å²) in [5.74, 6) is -3.78. The molecular formula is C18H29N3O8S. The minimum Gasteiger partial charge on any atom is -0.468 e. The molecule has 0 heterocycles. The van der Waals surface area contributed by atoms with Crippen LogP contribution in [0.25, 0.3) is 0 Å². The Labute approximate surface area is 179 Å². The van der Waals surface area contributed by atoms with E-state index in [9.17, 15) is 28.8 Å². The number of carbonyl (C=O) groups is 6. The molecule has 0 saturated carbocycles. The summed E-state index contributed by atoms with van der Waals surface area (Å²) in [6, 6.07) is -2.40. The van der Waals surface area contributed by atoms with Crippen LogP contribution in [0.15, 0.2) is 0 Å². The van der Waals surface area contributed by atoms with Crippen LogP contribution in [0.3, 0.4) is 0 Å². The highest BCUT2D eigenvalue weighted by molar-refractivity contribution is 8.13. The number of amides is 3. The van der Waals surface area contributed by atoms with Crippen LogP contribution in [-0.4, -0.2) is 78.3 Å². The largest absolute Gasteiger partial charge is 0.468 e. The average Bonchev–Trinajstić information content (AvgIpc) is 2.76. The van der Waals surface area contributed by atoms with Crippen molar-refractivity contribution in [3.63, 3.8) is 0 Å². The number of ether oxygens (including phenoxy) is 2. The zero-order chi connectivity index (χ0) is 23.3. The van der Waals surface area contributed by atoms with Gasteiger partial charge in [-0.15, -0.1) is 0 Å². The molecule has 2 atom stereocenters. The standard InChI is InChI=1S/C18H29N3O8S/c1-5-13(22)21(14(23)8-7-11(19)18(27)29-4)12(10-30-16(25)6-2)17(26)20-9-15(24)28-3/h11-12H,5-10,19H2,1-4H3,(H,20,26). The molecule has 0 saturated heterocycles. The van der Waals surface area contributed by atoms with E-state index >= 15 is 0 Å². The van der Waals surface area contributed by atoms with Crippen molar-refractivity contribution in [2.24, 2.45) is 5.73 Å². The summed E-state index contributed by atoms with van der Waals surface area (Å²) in [5, 5.41) is 2.07. The van der Waals surface area contributed by atoms with E-state index in [0.29, 0.717) is 0 Å². The summed E-state index contributed by atoms with van der Waals surface area (Å²) in [6.07, 6.45) is -0.279. The van der Waals surface area contributed by atoms with Gasteiger partial charge in [0.05, 0.1) is 14.2 Å². The van der Waals surface area contributed by atoms with Crippen LogP contribution in [0.4, 0.5) is 0 Å². The van der Waals surface area contributed by atoms with E-state index in [-0.39, 0.29) is 36.6 Å². The molecule has 2 unspecified atom stereocenters. The van der Waals surface area contributed by atoms with Crippen molar-refractivity contribution in [1.29, 1.82) is 0 Å². The first kappa shape index (κ1) is 27.5. The van der Waals surface area contributed by atoms with Crippen molar-refractivity contribution < 1.29 is 38.2 Å². The minimum atomic E-state index is -1.33. The van der Waals surface area contributed by atoms with Crippen LogP contribution in [0.5, 0.6) is 0 Å². The van der Waals surface area contributed by atoms with Gasteiger partial charge in [0, 0.05) is 25.0 Å². The first-order valence-corrected chi connectivity index (χ1v) is 10.3. The van der Waals surface area contributed by atoms with Gasteiger partial charge >= 0.3 is 11.9 Å². The zero-order valence-corrected chi connectivity index (χ0v) is 18.4. The number of hydrogen-bond donors (Lipinski definition) is 2. The van der Waals surface area contributed by atoms with Gasteiger partial charge in [-0.2, -0.15) is 0 Å². The third-order valence-corrected chi connectivity index (χ3v) is 5.05. The Morgan fingerprint density at radius 3 is 2.13 bits per heavy atom. The molecule has 0 fully saturated rings. The maximum Gasteiger partial charge on any atom is 0.325 e. The highest BCUT2D eigenvalue weighted by atomic mass is 32.2. The van der Waals surface area contributed by atoms with Crippen LogP contribution in [-0.2, 0) is 38.2 Å². The molecule has 0 spiro atoms. The lowest BCUT2D eigenvalue weighted by Crippen LogP contribution is -2.54. The number of methoxy groups -OCH3 is 2. The molecule has 0 aliphatic heterocycles. The third-order valence-electron chi connectivity index (χ3n) is 3.95. The average molecular weight is 448 g/mol. The van der Waals surface area contributed by atoms with Gasteiger partial charge in [0.2, 0.25) is 17.7 Å². The number of nitrogens with two attached hydrogens (primary N) is 1. The Kier molecular flexibility index (Phi) is 13.3. The predicted molar refractivity (Wildman–Crippen MR) is 108 cm³/mol.